The van der Waals surface area contributed by atoms with Crippen LogP contribution in [0, 0.1) is 5.92 Å². The summed E-state index contributed by atoms with van der Waals surface area (Å²) in [4.78, 5) is 30.8. The summed E-state index contributed by atoms with van der Waals surface area (Å²) < 4.78 is 6.23. The Hall–Kier alpha value is -2.25. The maximum Gasteiger partial charge on any atom is 0.341 e. The number of thiazole rings is 1. The fourth-order valence-electron chi connectivity index (χ4n) is 3.43. The van der Waals surface area contributed by atoms with Crippen LogP contribution in [0.1, 0.15) is 51.4 Å². The highest BCUT2D eigenvalue weighted by molar-refractivity contribution is 7.17. The first-order valence-corrected chi connectivity index (χ1v) is 10.7. The molecule has 1 unspecified atom stereocenters. The lowest BCUT2D eigenvalue weighted by Gasteiger charge is -2.18. The average Bonchev–Trinajstić information content (AvgIpc) is 3.24. The summed E-state index contributed by atoms with van der Waals surface area (Å²) in [6.45, 7) is 4.33. The minimum Gasteiger partial charge on any atom is -0.462 e. The smallest absolute Gasteiger partial charge is 0.341 e. The number of carbonyl (C=O) groups is 2. The van der Waals surface area contributed by atoms with Gasteiger partial charge < -0.3 is 10.1 Å². The van der Waals surface area contributed by atoms with Crippen LogP contribution in [0.2, 0.25) is 0 Å². The average molecular weight is 401 g/mol. The Morgan fingerprint density at radius 2 is 2.22 bits per heavy atom. The molecule has 5 nitrogen and oxygen atoms in total. The summed E-state index contributed by atoms with van der Waals surface area (Å²) in [6.07, 6.45) is 2.84. The number of nitrogens with zero attached hydrogens (tertiary/aromatic N) is 1. The van der Waals surface area contributed by atoms with Gasteiger partial charge in [0.1, 0.15) is 5.00 Å². The highest BCUT2D eigenvalue weighted by atomic mass is 32.1. The molecule has 140 valence electrons. The van der Waals surface area contributed by atoms with Crippen molar-refractivity contribution in [1.29, 1.82) is 0 Å². The Morgan fingerprint density at radius 3 is 3.04 bits per heavy atom. The van der Waals surface area contributed by atoms with Crippen molar-refractivity contribution in [2.75, 3.05) is 11.9 Å². The van der Waals surface area contributed by atoms with Crippen LogP contribution in [0.5, 0.6) is 0 Å². The van der Waals surface area contributed by atoms with Crippen molar-refractivity contribution in [3.63, 3.8) is 0 Å². The number of carbonyl (C=O) groups excluding carboxylic acids is 2. The molecule has 27 heavy (non-hydrogen) atoms. The van der Waals surface area contributed by atoms with Crippen LogP contribution in [0.3, 0.4) is 0 Å². The summed E-state index contributed by atoms with van der Waals surface area (Å²) in [5.74, 6) is 0.0174. The van der Waals surface area contributed by atoms with Crippen LogP contribution in [-0.2, 0) is 17.6 Å². The van der Waals surface area contributed by atoms with Crippen molar-refractivity contribution in [2.45, 2.75) is 33.1 Å². The van der Waals surface area contributed by atoms with Crippen LogP contribution >= 0.6 is 22.7 Å². The minimum atomic E-state index is -0.349. The molecular weight excluding hydrogens is 380 g/mol. The molecule has 2 heterocycles. The molecule has 0 spiro atoms. The molecule has 0 aliphatic heterocycles. The van der Waals surface area contributed by atoms with Gasteiger partial charge in [0.05, 0.1) is 27.9 Å². The van der Waals surface area contributed by atoms with Crippen LogP contribution in [-0.4, -0.2) is 23.5 Å². The first-order valence-electron chi connectivity index (χ1n) is 9.03. The second-order valence-electron chi connectivity index (χ2n) is 6.77. The highest BCUT2D eigenvalue weighted by Crippen LogP contribution is 2.40. The van der Waals surface area contributed by atoms with E-state index in [1.54, 1.807) is 18.5 Å². The molecule has 0 radical (unpaired) electrons. The van der Waals surface area contributed by atoms with Crippen molar-refractivity contribution in [3.05, 3.63) is 45.3 Å². The summed E-state index contributed by atoms with van der Waals surface area (Å²) in [6, 6.07) is 5.44. The third kappa shape index (κ3) is 3.49. The van der Waals surface area contributed by atoms with E-state index in [9.17, 15) is 9.59 Å². The molecule has 1 amide bonds. The molecule has 0 bridgehead atoms. The van der Waals surface area contributed by atoms with E-state index in [2.05, 4.69) is 17.2 Å². The molecule has 0 saturated carbocycles. The van der Waals surface area contributed by atoms with Crippen LogP contribution in [0.4, 0.5) is 5.00 Å². The Kier molecular flexibility index (Phi) is 4.97. The third-order valence-corrected chi connectivity index (χ3v) is 6.77. The van der Waals surface area contributed by atoms with Gasteiger partial charge in [0.15, 0.2) is 0 Å². The Morgan fingerprint density at radius 1 is 1.37 bits per heavy atom. The Bertz CT molecular complexity index is 1020. The lowest BCUT2D eigenvalue weighted by atomic mass is 9.88. The van der Waals surface area contributed by atoms with Gasteiger partial charge in [-0.05, 0) is 55.9 Å². The second kappa shape index (κ2) is 7.40. The molecule has 1 atom stereocenters. The van der Waals surface area contributed by atoms with Crippen molar-refractivity contribution in [3.8, 4) is 0 Å². The van der Waals surface area contributed by atoms with Crippen molar-refractivity contribution in [2.24, 2.45) is 5.92 Å². The van der Waals surface area contributed by atoms with E-state index in [1.807, 2.05) is 12.1 Å². The fraction of sp³-hybridized carbons (Fsp3) is 0.350. The lowest BCUT2D eigenvalue weighted by molar-refractivity contribution is 0.0526. The first-order chi connectivity index (χ1) is 13.1. The van der Waals surface area contributed by atoms with Gasteiger partial charge in [0.25, 0.3) is 5.91 Å². The lowest BCUT2D eigenvalue weighted by Crippen LogP contribution is -2.16. The molecule has 2 aromatic heterocycles. The van der Waals surface area contributed by atoms with Crippen molar-refractivity contribution >= 4 is 49.8 Å². The van der Waals surface area contributed by atoms with Crippen LogP contribution in [0.15, 0.2) is 23.7 Å². The Labute approximate surface area is 165 Å². The number of ether oxygens (including phenoxy) is 1. The normalized spacial score (nSPS) is 16.1. The van der Waals surface area contributed by atoms with Gasteiger partial charge in [-0.2, -0.15) is 0 Å². The largest absolute Gasteiger partial charge is 0.462 e. The summed E-state index contributed by atoms with van der Waals surface area (Å²) in [7, 11) is 0. The van der Waals surface area contributed by atoms with E-state index in [4.69, 9.17) is 4.74 Å². The molecule has 1 N–H and O–H groups in total. The standard InChI is InChI=1S/C20H20N2O3S2/c1-3-25-20(24)17-13-6-4-11(2)8-15(13)27-19(17)22-18(23)12-5-7-14-16(9-12)26-10-21-14/h5,7,9-11H,3-4,6,8H2,1-2H3,(H,22,23). The zero-order valence-electron chi connectivity index (χ0n) is 15.2. The van der Waals surface area contributed by atoms with E-state index in [0.29, 0.717) is 28.7 Å². The molecule has 0 fully saturated rings. The number of amides is 1. The zero-order chi connectivity index (χ0) is 19.0. The number of aromatic nitrogens is 1. The third-order valence-electron chi connectivity index (χ3n) is 4.81. The van der Waals surface area contributed by atoms with Gasteiger partial charge in [0, 0.05) is 10.4 Å². The molecule has 1 aliphatic rings. The van der Waals surface area contributed by atoms with Gasteiger partial charge in [-0.1, -0.05) is 6.92 Å². The fourth-order valence-corrected chi connectivity index (χ4v) is 5.54. The number of fused-ring (bicyclic) bond motifs is 2. The zero-order valence-corrected chi connectivity index (χ0v) is 16.8. The predicted octanol–water partition coefficient (Wildman–Crippen LogP) is 4.91. The van der Waals surface area contributed by atoms with Crippen LogP contribution < -0.4 is 5.32 Å². The van der Waals surface area contributed by atoms with Crippen molar-refractivity contribution in [1.82, 2.24) is 4.98 Å². The topological polar surface area (TPSA) is 68.3 Å². The van der Waals surface area contributed by atoms with Gasteiger partial charge in [0.2, 0.25) is 0 Å². The van der Waals surface area contributed by atoms with Gasteiger partial charge in [-0.3, -0.25) is 4.79 Å². The molecule has 4 rings (SSSR count). The second-order valence-corrected chi connectivity index (χ2v) is 8.76. The molecule has 7 heteroatoms. The van der Waals surface area contributed by atoms with E-state index in [0.717, 1.165) is 35.0 Å². The van der Waals surface area contributed by atoms with Gasteiger partial charge >= 0.3 is 5.97 Å². The number of esters is 1. The molecule has 1 aromatic carbocycles. The number of nitrogens with one attached hydrogen (secondary N) is 1. The summed E-state index contributed by atoms with van der Waals surface area (Å²) >= 11 is 3.01. The van der Waals surface area contributed by atoms with Crippen molar-refractivity contribution < 1.29 is 14.3 Å². The highest BCUT2D eigenvalue weighted by Gasteiger charge is 2.29. The number of rotatable bonds is 4. The number of anilines is 1. The van der Waals surface area contributed by atoms with E-state index in [-0.39, 0.29) is 11.9 Å². The quantitative estimate of drug-likeness (QED) is 0.632. The van der Waals surface area contributed by atoms with E-state index in [1.165, 1.54) is 27.6 Å². The number of hydrogen-bond acceptors (Lipinski definition) is 6. The minimum absolute atomic E-state index is 0.220. The molecule has 1 aliphatic carbocycles. The molecule has 3 aromatic rings. The summed E-state index contributed by atoms with van der Waals surface area (Å²) in [5, 5.41) is 3.56. The number of hydrogen-bond donors (Lipinski definition) is 1. The maximum atomic E-state index is 12.8. The summed E-state index contributed by atoms with van der Waals surface area (Å²) in [5.41, 5.74) is 4.78. The number of thiophene rings is 1. The van der Waals surface area contributed by atoms with E-state index < -0.39 is 0 Å². The predicted molar refractivity (Wildman–Crippen MR) is 109 cm³/mol. The maximum absolute atomic E-state index is 12.8. The van der Waals surface area contributed by atoms with Gasteiger partial charge in [-0.15, -0.1) is 22.7 Å². The monoisotopic (exact) mass is 400 g/mol. The molecule has 0 saturated heterocycles. The molecular formula is C20H20N2O3S2. The SMILES string of the molecule is CCOC(=O)c1c(NC(=O)c2ccc3ncsc3c2)sc2c1CCC(C)C2. The first kappa shape index (κ1) is 18.1. The van der Waals surface area contributed by atoms with Crippen LogP contribution in [0.25, 0.3) is 10.2 Å². The van der Waals surface area contributed by atoms with Gasteiger partial charge in [-0.25, -0.2) is 9.78 Å². The number of benzene rings is 1. The Balaban J connectivity index is 1.67. The van der Waals surface area contributed by atoms with E-state index >= 15 is 0 Å².